The van der Waals surface area contributed by atoms with E-state index in [1.165, 1.54) is 21.3 Å². The highest BCUT2D eigenvalue weighted by Gasteiger charge is 2.70. The molecule has 12 fully saturated rings. The summed E-state index contributed by atoms with van der Waals surface area (Å²) in [7, 11) is 4.31. The van der Waals surface area contributed by atoms with Crippen LogP contribution in [0, 0.1) is 139 Å². The van der Waals surface area contributed by atoms with Crippen LogP contribution in [-0.4, -0.2) is 166 Å². The van der Waals surface area contributed by atoms with Crippen LogP contribution in [0.15, 0.2) is 18.6 Å². The SMILES string of the molecule is COC(=O)CC[C@@H](C)[C@H]1CC[C@H]2[C@@H]3[C@H](O)C[C@@H]4C[C@@H](n5cc(COc6nc(OCc7cn([C@H]8CC[C@@]9(C)[C@@H](C8)C[C@@H](O)[C@@H]8[C@@H]9C[C@H](O)[C@]9(C)[C@@H]([C@H](C)CCC(=O)OC)CC[C@@H]89)nn7)nc(OCc7cn([C@H]8CC[C@@]9(C)[C@@H](C8)C[C@@H](O)[C@@H]8[C@@H]9C[C@H](O)[C@]9(C)[C@@H]([C@H](C)CCC(=O)OC)CC[C@@H]89)nn7)n6)nn5)CC[C@]4(C)[C@H]3C[C@H](O)[C@]12C. The molecule has 12 aliphatic carbocycles. The number of fused-ring (bicyclic) bond motifs is 15. The fraction of sp³-hybridized carbons (Fsp3) is 0.862. The Morgan fingerprint density at radius 2 is 0.667 bits per heavy atom. The zero-order chi connectivity index (χ0) is 80.5. The molecule has 0 radical (unpaired) electrons. The Labute approximate surface area is 672 Å². The van der Waals surface area contributed by atoms with Crippen LogP contribution >= 0.6 is 0 Å². The molecule has 16 rings (SSSR count). The first-order valence-electron chi connectivity index (χ1n) is 44.1. The van der Waals surface area contributed by atoms with Crippen molar-refractivity contribution in [1.29, 1.82) is 0 Å². The molecule has 0 spiro atoms. The largest absolute Gasteiger partial charge is 0.469 e. The minimum Gasteiger partial charge on any atom is -0.469 e. The minimum absolute atomic E-state index is 0.0258. The maximum atomic E-state index is 12.3. The van der Waals surface area contributed by atoms with Crippen molar-refractivity contribution in [2.45, 2.75) is 310 Å². The molecule has 12 saturated carbocycles. The second kappa shape index (κ2) is 31.6. The first-order chi connectivity index (χ1) is 54.4. The van der Waals surface area contributed by atoms with Crippen molar-refractivity contribution < 1.29 is 73.4 Å². The van der Waals surface area contributed by atoms with E-state index in [0.29, 0.717) is 74.9 Å². The lowest BCUT2D eigenvalue weighted by Gasteiger charge is -2.63. The van der Waals surface area contributed by atoms with E-state index in [9.17, 15) is 45.0 Å². The topological polar surface area (TPSA) is 359 Å². The summed E-state index contributed by atoms with van der Waals surface area (Å²) in [6.07, 6.45) is 24.0. The third kappa shape index (κ3) is 14.1. The van der Waals surface area contributed by atoms with Gasteiger partial charge in [0, 0.05) is 19.3 Å². The van der Waals surface area contributed by atoms with Gasteiger partial charge in [-0.05, 0) is 293 Å². The normalized spacial score (nSPS) is 43.3. The van der Waals surface area contributed by atoms with Crippen molar-refractivity contribution in [3.05, 3.63) is 35.7 Å². The fourth-order valence-corrected chi connectivity index (χ4v) is 29.7. The van der Waals surface area contributed by atoms with Crippen molar-refractivity contribution in [3.8, 4) is 18.0 Å². The van der Waals surface area contributed by atoms with E-state index in [0.717, 1.165) is 116 Å². The number of nitrogens with zero attached hydrogens (tertiary/aromatic N) is 12. The van der Waals surface area contributed by atoms with Crippen molar-refractivity contribution in [2.75, 3.05) is 21.3 Å². The van der Waals surface area contributed by atoms with Gasteiger partial charge >= 0.3 is 35.9 Å². The summed E-state index contributed by atoms with van der Waals surface area (Å²) in [5.41, 5.74) is 0.510. The summed E-state index contributed by atoms with van der Waals surface area (Å²) in [5.74, 6) is 3.07. The lowest BCUT2D eigenvalue weighted by Crippen LogP contribution is -2.62. The molecule has 12 aliphatic rings. The van der Waals surface area contributed by atoms with Gasteiger partial charge < -0.3 is 59.1 Å². The molecule has 0 amide bonds. The van der Waals surface area contributed by atoms with E-state index >= 15 is 0 Å². The first kappa shape index (κ1) is 81.7. The third-order valence-corrected chi connectivity index (χ3v) is 36.1. The number of aliphatic hydroxyl groups excluding tert-OH is 6. The van der Waals surface area contributed by atoms with Gasteiger partial charge in [-0.2, -0.15) is 0 Å². The Kier molecular flexibility index (Phi) is 22.7. The van der Waals surface area contributed by atoms with Crippen LogP contribution in [0.3, 0.4) is 0 Å². The lowest BCUT2D eigenvalue weighted by atomic mass is 9.43. The molecule has 4 aromatic heterocycles. The van der Waals surface area contributed by atoms with Crippen LogP contribution in [-0.2, 0) is 48.4 Å². The number of carbonyl (C=O) groups is 3. The lowest BCUT2D eigenvalue weighted by molar-refractivity contribution is -0.204. The van der Waals surface area contributed by atoms with E-state index in [-0.39, 0.29) is 213 Å². The molecule has 27 nitrogen and oxygen atoms in total. The molecule has 4 aromatic rings. The second-order valence-electron chi connectivity index (χ2n) is 40.5. The van der Waals surface area contributed by atoms with Crippen LogP contribution in [0.1, 0.15) is 271 Å². The highest BCUT2D eigenvalue weighted by atomic mass is 16.5. The monoisotopic (exact) mass is 1580 g/mol. The molecule has 27 heteroatoms. The van der Waals surface area contributed by atoms with Crippen molar-refractivity contribution in [2.24, 2.45) is 139 Å². The van der Waals surface area contributed by atoms with E-state index in [1.807, 2.05) is 32.6 Å². The van der Waals surface area contributed by atoms with Gasteiger partial charge in [-0.25, -0.2) is 14.0 Å². The van der Waals surface area contributed by atoms with Crippen LogP contribution < -0.4 is 14.2 Å². The molecule has 0 bridgehead atoms. The molecular weight excluding hydrogens is 1450 g/mol. The number of rotatable bonds is 24. The van der Waals surface area contributed by atoms with Crippen molar-refractivity contribution >= 4 is 17.9 Å². The van der Waals surface area contributed by atoms with Gasteiger partial charge in [-0.3, -0.25) is 14.4 Å². The van der Waals surface area contributed by atoms with Crippen molar-refractivity contribution in [3.63, 3.8) is 0 Å². The number of carbonyl (C=O) groups excluding carboxylic acids is 3. The zero-order valence-electron chi connectivity index (χ0n) is 69.8. The van der Waals surface area contributed by atoms with Gasteiger partial charge in [0.25, 0.3) is 0 Å². The van der Waals surface area contributed by atoms with Gasteiger partial charge in [0.05, 0.1) is 94.7 Å². The number of hydrogen-bond donors (Lipinski definition) is 6. The Morgan fingerprint density at radius 1 is 0.395 bits per heavy atom. The van der Waals surface area contributed by atoms with E-state index < -0.39 is 36.6 Å². The summed E-state index contributed by atoms with van der Waals surface area (Å²) >= 11 is 0. The highest BCUT2D eigenvalue weighted by molar-refractivity contribution is 5.69. The maximum absolute atomic E-state index is 12.3. The van der Waals surface area contributed by atoms with Crippen LogP contribution in [0.4, 0.5) is 0 Å². The molecule has 630 valence electrons. The number of hydrogen-bond acceptors (Lipinski definition) is 24. The Balaban J connectivity index is 0.580. The summed E-state index contributed by atoms with van der Waals surface area (Å²) in [5, 5.41) is 102. The average Bonchev–Trinajstić information content (AvgIpc) is 1.38. The minimum atomic E-state index is -0.495. The Bertz CT molecular complexity index is 3670. The standard InChI is InChI=1S/C87H132N12O15/c1-46(13-22-73(106)109-10)58-16-19-61-76-64(37-70(103)85(58,61)7)82(4)28-25-55(31-49(82)34-67(76)100)97-40-52(91-94-97)43-112-79-88-80(113-44-53-41-98(95-92-53)56-26-29-83(5)50(32-56)35-68(101)77-62-20-17-59(47(2)14-23-74(107)110-11)86(62,8)71(104)38-65(77)83)90-81(89-79)114-45-54-42-99(96-93-54)57-27-30-84(6)51(33-57)36-69(102)78-63-21-18-60(48(3)15-24-75(108)111-12)87(63,9)72(105)39-66(78)84/h40-42,46-51,55-72,76-78,100-105H,13-39,43-45H2,1-12H3/t46-,47-,48-,49+,50+,51+,55+,56+,57+,58-,59-,60-,61+,62+,63+,64+,65+,66+,67-,68-,69-,70+,71+,72+,76+,77+,78+,82+,83+,84+,85-,86-,87-/m1/s1. The van der Waals surface area contributed by atoms with Crippen LogP contribution in [0.5, 0.6) is 18.0 Å². The third-order valence-electron chi connectivity index (χ3n) is 36.1. The maximum Gasteiger partial charge on any atom is 0.326 e. The molecule has 33 atom stereocenters. The van der Waals surface area contributed by atoms with Gasteiger partial charge in [0.15, 0.2) is 0 Å². The van der Waals surface area contributed by atoms with E-state index in [1.54, 1.807) is 0 Å². The molecule has 0 aliphatic heterocycles. The predicted octanol–water partition coefficient (Wildman–Crippen LogP) is 11.6. The number of aliphatic hydroxyl groups is 6. The summed E-state index contributed by atoms with van der Waals surface area (Å²) in [4.78, 5) is 50.5. The van der Waals surface area contributed by atoms with Crippen LogP contribution in [0.2, 0.25) is 0 Å². The second-order valence-corrected chi connectivity index (χ2v) is 40.5. The average molecular weight is 1590 g/mol. The molecule has 6 N–H and O–H groups in total. The first-order valence-corrected chi connectivity index (χ1v) is 44.1. The van der Waals surface area contributed by atoms with Crippen LogP contribution in [0.25, 0.3) is 0 Å². The van der Waals surface area contributed by atoms with Gasteiger partial charge in [-0.15, -0.1) is 30.2 Å². The van der Waals surface area contributed by atoms with Gasteiger partial charge in [0.2, 0.25) is 0 Å². The number of aromatic nitrogens is 12. The smallest absolute Gasteiger partial charge is 0.326 e. The Hall–Kier alpha value is -6.00. The van der Waals surface area contributed by atoms with E-state index in [4.69, 9.17) is 28.4 Å². The number of esters is 3. The summed E-state index contributed by atoms with van der Waals surface area (Å²) < 4.78 is 39.9. The summed E-state index contributed by atoms with van der Waals surface area (Å²) in [6, 6.07) is -0.0455. The molecule has 0 unspecified atom stereocenters. The highest BCUT2D eigenvalue weighted by Crippen LogP contribution is 2.73. The number of ether oxygens (including phenoxy) is 6. The molecule has 0 saturated heterocycles. The zero-order valence-corrected chi connectivity index (χ0v) is 69.8. The molecule has 0 aromatic carbocycles. The van der Waals surface area contributed by atoms with Gasteiger partial charge in [0.1, 0.15) is 36.9 Å². The fourth-order valence-electron chi connectivity index (χ4n) is 29.7. The molecular formula is C87H132N12O15. The van der Waals surface area contributed by atoms with Crippen molar-refractivity contribution in [1.82, 2.24) is 59.9 Å². The van der Waals surface area contributed by atoms with Gasteiger partial charge in [-0.1, -0.05) is 78.0 Å². The predicted molar refractivity (Wildman–Crippen MR) is 415 cm³/mol. The Morgan fingerprint density at radius 3 is 0.930 bits per heavy atom. The quantitative estimate of drug-likeness (QED) is 0.0280. The molecule has 4 heterocycles. The molecule has 114 heavy (non-hydrogen) atoms. The number of methoxy groups -OCH3 is 3. The summed E-state index contributed by atoms with van der Waals surface area (Å²) in [6.45, 7) is 20.6. The van der Waals surface area contributed by atoms with E-state index in [2.05, 4.69) is 108 Å².